The van der Waals surface area contributed by atoms with Gasteiger partial charge in [0.25, 0.3) is 0 Å². The fourth-order valence-corrected chi connectivity index (χ4v) is 0.925. The highest BCUT2D eigenvalue weighted by Gasteiger charge is 2.06. The number of rotatable bonds is 4. The van der Waals surface area contributed by atoms with E-state index in [-0.39, 0.29) is 11.3 Å². The van der Waals surface area contributed by atoms with Gasteiger partial charge in [-0.25, -0.2) is 0 Å². The molecule has 0 radical (unpaired) electrons. The summed E-state index contributed by atoms with van der Waals surface area (Å²) in [5.74, 6) is 0.298. The number of benzene rings is 1. The summed E-state index contributed by atoms with van der Waals surface area (Å²) in [6, 6.07) is 4.66. The van der Waals surface area contributed by atoms with Crippen molar-refractivity contribution in [3.8, 4) is 11.5 Å². The van der Waals surface area contributed by atoms with E-state index in [9.17, 15) is 9.90 Å². The summed E-state index contributed by atoms with van der Waals surface area (Å²) in [5, 5.41) is 9.25. The van der Waals surface area contributed by atoms with E-state index in [0.29, 0.717) is 18.6 Å². The van der Waals surface area contributed by atoms with Gasteiger partial charge in [-0.15, -0.1) is 0 Å². The van der Waals surface area contributed by atoms with Crippen LogP contribution < -0.4 is 4.74 Å². The topological polar surface area (TPSA) is 46.5 Å². The Hall–Kier alpha value is -1.77. The molecular weight excluding hydrogens is 168 g/mol. The van der Waals surface area contributed by atoms with Crippen molar-refractivity contribution in [2.24, 2.45) is 0 Å². The molecule has 1 aromatic carbocycles. The van der Waals surface area contributed by atoms with Gasteiger partial charge in [-0.2, -0.15) is 0 Å². The summed E-state index contributed by atoms with van der Waals surface area (Å²) in [6.45, 7) is 3.79. The van der Waals surface area contributed by atoms with E-state index in [1.807, 2.05) is 0 Å². The Morgan fingerprint density at radius 1 is 1.54 bits per heavy atom. The molecule has 1 aromatic rings. The van der Waals surface area contributed by atoms with Gasteiger partial charge in [0.1, 0.15) is 18.1 Å². The second kappa shape index (κ2) is 4.30. The third-order valence-corrected chi connectivity index (χ3v) is 1.52. The van der Waals surface area contributed by atoms with Gasteiger partial charge in [0.15, 0.2) is 6.29 Å². The highest BCUT2D eigenvalue weighted by Crippen LogP contribution is 2.25. The van der Waals surface area contributed by atoms with E-state index >= 15 is 0 Å². The number of carbonyl (C=O) groups excluding carboxylic acids is 1. The first-order valence-corrected chi connectivity index (χ1v) is 3.80. The van der Waals surface area contributed by atoms with Crippen LogP contribution in [0.1, 0.15) is 10.4 Å². The molecule has 0 aliphatic rings. The van der Waals surface area contributed by atoms with Crippen molar-refractivity contribution < 1.29 is 14.6 Å². The molecule has 1 N–H and O–H groups in total. The van der Waals surface area contributed by atoms with Gasteiger partial charge in [0.05, 0.1) is 5.56 Å². The molecule has 0 bridgehead atoms. The molecule has 1 rings (SSSR count). The van der Waals surface area contributed by atoms with Crippen LogP contribution in [0.2, 0.25) is 0 Å². The number of hydrogen-bond acceptors (Lipinski definition) is 3. The minimum Gasteiger partial charge on any atom is -0.507 e. The third-order valence-electron chi connectivity index (χ3n) is 1.52. The van der Waals surface area contributed by atoms with Gasteiger partial charge in [-0.05, 0) is 12.1 Å². The Balaban J connectivity index is 2.97. The number of phenols is 1. The van der Waals surface area contributed by atoms with Crippen LogP contribution in [0.4, 0.5) is 0 Å². The lowest BCUT2D eigenvalue weighted by Gasteiger charge is -2.06. The second-order valence-electron chi connectivity index (χ2n) is 2.41. The van der Waals surface area contributed by atoms with E-state index < -0.39 is 0 Å². The number of hydrogen-bond donors (Lipinski definition) is 1. The maximum Gasteiger partial charge on any atom is 0.157 e. The maximum absolute atomic E-state index is 10.5. The van der Waals surface area contributed by atoms with Crippen LogP contribution in [-0.4, -0.2) is 18.0 Å². The monoisotopic (exact) mass is 178 g/mol. The number of phenolic OH excluding ortho intramolecular Hbond substituents is 1. The van der Waals surface area contributed by atoms with Crippen molar-refractivity contribution in [3.05, 3.63) is 36.4 Å². The molecule has 68 valence electrons. The molecule has 0 saturated carbocycles. The van der Waals surface area contributed by atoms with Gasteiger partial charge >= 0.3 is 0 Å². The summed E-state index contributed by atoms with van der Waals surface area (Å²) in [7, 11) is 0. The second-order valence-corrected chi connectivity index (χ2v) is 2.41. The number of carbonyl (C=O) groups is 1. The molecule has 3 nitrogen and oxygen atoms in total. The zero-order chi connectivity index (χ0) is 9.68. The van der Waals surface area contributed by atoms with Crippen LogP contribution in [-0.2, 0) is 0 Å². The van der Waals surface area contributed by atoms with Gasteiger partial charge in [-0.3, -0.25) is 4.79 Å². The Bertz CT molecular complexity index is 318. The lowest BCUT2D eigenvalue weighted by Crippen LogP contribution is -1.96. The van der Waals surface area contributed by atoms with Crippen molar-refractivity contribution in [1.29, 1.82) is 0 Å². The largest absolute Gasteiger partial charge is 0.507 e. The highest BCUT2D eigenvalue weighted by molar-refractivity contribution is 5.83. The normalized spacial score (nSPS) is 9.23. The van der Waals surface area contributed by atoms with E-state index in [2.05, 4.69) is 6.58 Å². The SMILES string of the molecule is C=CCOc1cccc(O)c1C=O. The van der Waals surface area contributed by atoms with Crippen molar-refractivity contribution >= 4 is 6.29 Å². The third kappa shape index (κ3) is 2.08. The molecule has 0 aliphatic heterocycles. The molecule has 0 fully saturated rings. The lowest BCUT2D eigenvalue weighted by molar-refractivity contribution is 0.111. The van der Waals surface area contributed by atoms with Crippen LogP contribution >= 0.6 is 0 Å². The van der Waals surface area contributed by atoms with Gasteiger partial charge in [0.2, 0.25) is 0 Å². The minimum atomic E-state index is -0.0726. The molecule has 0 atom stereocenters. The predicted octanol–water partition coefficient (Wildman–Crippen LogP) is 1.77. The predicted molar refractivity (Wildman–Crippen MR) is 49.2 cm³/mol. The lowest BCUT2D eigenvalue weighted by atomic mass is 10.2. The molecule has 0 unspecified atom stereocenters. The maximum atomic E-state index is 10.5. The van der Waals surface area contributed by atoms with Gasteiger partial charge in [0, 0.05) is 0 Å². The Morgan fingerprint density at radius 2 is 2.31 bits per heavy atom. The van der Waals surface area contributed by atoms with E-state index in [0.717, 1.165) is 0 Å². The molecular formula is C10H10O3. The average Bonchev–Trinajstić information content (AvgIpc) is 2.15. The zero-order valence-electron chi connectivity index (χ0n) is 7.06. The quantitative estimate of drug-likeness (QED) is 0.564. The van der Waals surface area contributed by atoms with E-state index in [1.54, 1.807) is 18.2 Å². The first kappa shape index (κ1) is 9.32. The number of ether oxygens (including phenoxy) is 1. The summed E-state index contributed by atoms with van der Waals surface area (Å²) in [4.78, 5) is 10.5. The van der Waals surface area contributed by atoms with Crippen LogP contribution in [0.25, 0.3) is 0 Å². The highest BCUT2D eigenvalue weighted by atomic mass is 16.5. The van der Waals surface area contributed by atoms with Gasteiger partial charge in [-0.1, -0.05) is 18.7 Å². The molecule has 0 saturated heterocycles. The summed E-state index contributed by atoms with van der Waals surface area (Å²) >= 11 is 0. The molecule has 0 aliphatic carbocycles. The number of aromatic hydroxyl groups is 1. The zero-order valence-corrected chi connectivity index (χ0v) is 7.06. The van der Waals surface area contributed by atoms with Crippen LogP contribution in [0.5, 0.6) is 11.5 Å². The summed E-state index contributed by atoms with van der Waals surface area (Å²) < 4.78 is 5.15. The first-order valence-electron chi connectivity index (χ1n) is 3.80. The number of aldehydes is 1. The van der Waals surface area contributed by atoms with Crippen molar-refractivity contribution in [2.75, 3.05) is 6.61 Å². The standard InChI is InChI=1S/C10H10O3/c1-2-6-13-10-5-3-4-9(12)8(10)7-11/h2-5,7,12H,1,6H2. The molecule has 13 heavy (non-hydrogen) atoms. The molecule has 0 spiro atoms. The summed E-state index contributed by atoms with van der Waals surface area (Å²) in [6.07, 6.45) is 2.13. The molecule has 0 heterocycles. The molecule has 0 amide bonds. The average molecular weight is 178 g/mol. The van der Waals surface area contributed by atoms with Gasteiger partial charge < -0.3 is 9.84 Å². The molecule has 0 aromatic heterocycles. The van der Waals surface area contributed by atoms with E-state index in [4.69, 9.17) is 4.74 Å². The minimum absolute atomic E-state index is 0.0726. The summed E-state index contributed by atoms with van der Waals surface area (Å²) in [5.41, 5.74) is 0.171. The Morgan fingerprint density at radius 3 is 2.92 bits per heavy atom. The van der Waals surface area contributed by atoms with Crippen LogP contribution in [0.15, 0.2) is 30.9 Å². The van der Waals surface area contributed by atoms with Crippen LogP contribution in [0, 0.1) is 0 Å². The van der Waals surface area contributed by atoms with Crippen molar-refractivity contribution in [3.63, 3.8) is 0 Å². The fraction of sp³-hybridized carbons (Fsp3) is 0.100. The van der Waals surface area contributed by atoms with E-state index in [1.165, 1.54) is 6.07 Å². The van der Waals surface area contributed by atoms with Crippen LogP contribution in [0.3, 0.4) is 0 Å². The smallest absolute Gasteiger partial charge is 0.157 e. The van der Waals surface area contributed by atoms with Crippen molar-refractivity contribution in [2.45, 2.75) is 0 Å². The van der Waals surface area contributed by atoms with Crippen molar-refractivity contribution in [1.82, 2.24) is 0 Å². The molecule has 3 heteroatoms. The Labute approximate surface area is 76.3 Å². The fourth-order valence-electron chi connectivity index (χ4n) is 0.925. The first-order chi connectivity index (χ1) is 6.29. The Kier molecular flexibility index (Phi) is 3.09.